The van der Waals surface area contributed by atoms with Gasteiger partial charge in [-0.25, -0.2) is 4.98 Å². The summed E-state index contributed by atoms with van der Waals surface area (Å²) in [5.41, 5.74) is 0.702. The number of esters is 2. The maximum atomic E-state index is 14.5. The third-order valence-electron chi connectivity index (χ3n) is 14.5. The van der Waals surface area contributed by atoms with E-state index in [9.17, 15) is 28.8 Å². The van der Waals surface area contributed by atoms with Crippen LogP contribution in [-0.4, -0.2) is 83.3 Å². The molecule has 6 aliphatic carbocycles. The Morgan fingerprint density at radius 2 is 1.54 bits per heavy atom. The van der Waals surface area contributed by atoms with Gasteiger partial charge in [-0.05, 0) is 65.7 Å². The Morgan fingerprint density at radius 1 is 0.912 bits per heavy atom. The van der Waals surface area contributed by atoms with Crippen LogP contribution in [0.3, 0.4) is 0 Å². The summed E-state index contributed by atoms with van der Waals surface area (Å²) in [6.07, 6.45) is 0.940. The molecule has 13 nitrogen and oxygen atoms in total. The van der Waals surface area contributed by atoms with Crippen LogP contribution in [0.25, 0.3) is 0 Å². The second-order valence-corrected chi connectivity index (χ2v) is 18.6. The first-order valence-electron chi connectivity index (χ1n) is 20.5. The minimum Gasteiger partial charge on any atom is -0.469 e. The van der Waals surface area contributed by atoms with Gasteiger partial charge < -0.3 is 30.3 Å². The van der Waals surface area contributed by atoms with Crippen molar-refractivity contribution in [1.29, 1.82) is 0 Å². The Morgan fingerprint density at radius 3 is 2.09 bits per heavy atom. The molecule has 6 saturated carbocycles. The van der Waals surface area contributed by atoms with Crippen LogP contribution >= 0.6 is 11.3 Å². The molecular weight excluding hydrogens is 747 g/mol. The molecule has 0 bridgehead atoms. The van der Waals surface area contributed by atoms with E-state index in [-0.39, 0.29) is 59.2 Å². The Kier molecular flexibility index (Phi) is 10.8. The molecule has 0 saturated heterocycles. The normalized spacial score (nSPS) is 30.8. The molecule has 0 radical (unpaired) electrons. The van der Waals surface area contributed by atoms with Gasteiger partial charge in [-0.2, -0.15) is 0 Å². The standard InChI is InChI=1S/C43H57N5O8S/c1-10-21(4)36(46-41(54)42-30-33-31(42)35-32(42)34(30)43(33,35)47-23(6)49)39(52)48(8)28(20(2)3)18-29(56-24(7)50)38-45-27(19-57-38)37(51)44-26(16-22(5)40(53)55-9)17-25-14-12-11-13-15-25/h11-15,19-22,26,28-36H,10,16-18H2,1-9H3,(H,44,51)(H,46,54)(H,47,49)/t21-,22-,26+,28+,29?,30?,31?,32?,33?,34?,35?,36-,42?,43?/m0/s1. The molecule has 6 aliphatic rings. The van der Waals surface area contributed by atoms with Gasteiger partial charge in [0.05, 0.1) is 24.0 Å². The Bertz CT molecular complexity index is 1880. The van der Waals surface area contributed by atoms with E-state index in [0.29, 0.717) is 59.8 Å². The number of methoxy groups -OCH3 is 1. The number of ether oxygens (including phenoxy) is 2. The topological polar surface area (TPSA) is 173 Å². The van der Waals surface area contributed by atoms with Gasteiger partial charge in [0.1, 0.15) is 16.7 Å². The number of hydrogen-bond donors (Lipinski definition) is 3. The van der Waals surface area contributed by atoms with Crippen molar-refractivity contribution in [3.8, 4) is 0 Å². The Balaban J connectivity index is 1.03. The Hall–Kier alpha value is -4.33. The largest absolute Gasteiger partial charge is 0.469 e. The molecule has 308 valence electrons. The number of nitrogens with one attached hydrogen (secondary N) is 3. The minimum absolute atomic E-state index is 0.00226. The number of amides is 4. The lowest BCUT2D eigenvalue weighted by molar-refractivity contribution is -0.607. The second-order valence-electron chi connectivity index (χ2n) is 17.7. The van der Waals surface area contributed by atoms with Crippen molar-refractivity contribution in [2.75, 3.05) is 14.2 Å². The molecule has 0 aliphatic heterocycles. The van der Waals surface area contributed by atoms with Gasteiger partial charge in [0.2, 0.25) is 17.7 Å². The van der Waals surface area contributed by atoms with Crippen LogP contribution in [0, 0.1) is 58.7 Å². The molecular formula is C43H57N5O8S. The number of likely N-dealkylation sites (N-methyl/N-ethyl adjacent to an activating group) is 1. The number of carbonyl (C=O) groups excluding carboxylic acids is 6. The van der Waals surface area contributed by atoms with Gasteiger partial charge in [-0.1, -0.05) is 71.4 Å². The zero-order chi connectivity index (χ0) is 41.3. The molecule has 8 rings (SSSR count). The van der Waals surface area contributed by atoms with E-state index in [1.807, 2.05) is 58.0 Å². The van der Waals surface area contributed by atoms with Crippen molar-refractivity contribution in [3.63, 3.8) is 0 Å². The molecule has 1 aromatic heterocycles. The highest BCUT2D eigenvalue weighted by atomic mass is 32.1. The van der Waals surface area contributed by atoms with Crippen molar-refractivity contribution >= 4 is 46.9 Å². The van der Waals surface area contributed by atoms with Crippen molar-refractivity contribution in [3.05, 3.63) is 52.0 Å². The van der Waals surface area contributed by atoms with Crippen molar-refractivity contribution in [1.82, 2.24) is 25.8 Å². The molecule has 1 unspecified atom stereocenters. The summed E-state index contributed by atoms with van der Waals surface area (Å²) in [6.45, 7) is 12.6. The first kappa shape index (κ1) is 40.9. The molecule has 57 heavy (non-hydrogen) atoms. The lowest BCUT2D eigenvalue weighted by atomic mass is 8.94. The third kappa shape index (κ3) is 6.18. The number of rotatable bonds is 19. The number of hydrogen-bond acceptors (Lipinski definition) is 10. The summed E-state index contributed by atoms with van der Waals surface area (Å²) < 4.78 is 10.8. The highest BCUT2D eigenvalue weighted by Crippen LogP contribution is 3.07. The average molecular weight is 804 g/mol. The molecule has 6 atom stereocenters. The van der Waals surface area contributed by atoms with Crippen LogP contribution in [0.1, 0.15) is 94.9 Å². The van der Waals surface area contributed by atoms with Gasteiger partial charge in [-0.3, -0.25) is 28.8 Å². The van der Waals surface area contributed by atoms with E-state index in [2.05, 4.69) is 20.9 Å². The van der Waals surface area contributed by atoms with Gasteiger partial charge in [0, 0.05) is 44.8 Å². The molecule has 0 spiro atoms. The monoisotopic (exact) mass is 803 g/mol. The summed E-state index contributed by atoms with van der Waals surface area (Å²) in [5.74, 6) is -0.0908. The zero-order valence-electron chi connectivity index (χ0n) is 34.4. The lowest BCUT2D eigenvalue weighted by Crippen LogP contribution is -3.16. The minimum atomic E-state index is -0.838. The van der Waals surface area contributed by atoms with E-state index >= 15 is 0 Å². The van der Waals surface area contributed by atoms with Crippen molar-refractivity contribution in [2.45, 2.75) is 104 Å². The first-order valence-corrected chi connectivity index (χ1v) is 21.3. The van der Waals surface area contributed by atoms with Gasteiger partial charge in [0.15, 0.2) is 6.10 Å². The van der Waals surface area contributed by atoms with E-state index in [4.69, 9.17) is 9.47 Å². The molecule has 6 fully saturated rings. The fourth-order valence-corrected chi connectivity index (χ4v) is 12.8. The molecule has 4 amide bonds. The fourth-order valence-electron chi connectivity index (χ4n) is 12.0. The van der Waals surface area contributed by atoms with E-state index in [1.165, 1.54) is 25.4 Å². The number of nitrogens with zero attached hydrogens (tertiary/aromatic N) is 2. The maximum absolute atomic E-state index is 14.5. The average Bonchev–Trinajstić information content (AvgIpc) is 3.68. The molecule has 1 aromatic carbocycles. The third-order valence-corrected chi connectivity index (χ3v) is 15.4. The molecule has 14 heteroatoms. The second kappa shape index (κ2) is 15.1. The summed E-state index contributed by atoms with van der Waals surface area (Å²) in [6, 6.07) is 8.17. The highest BCUT2D eigenvalue weighted by molar-refractivity contribution is 7.09. The summed E-state index contributed by atoms with van der Waals surface area (Å²) in [5, 5.41) is 11.6. The van der Waals surface area contributed by atoms with Gasteiger partial charge in [0.25, 0.3) is 5.91 Å². The van der Waals surface area contributed by atoms with E-state index in [1.54, 1.807) is 31.2 Å². The van der Waals surface area contributed by atoms with Crippen LogP contribution in [-0.2, 0) is 39.9 Å². The van der Waals surface area contributed by atoms with Gasteiger partial charge >= 0.3 is 11.9 Å². The first-order chi connectivity index (χ1) is 27.0. The smallest absolute Gasteiger partial charge is 0.308 e. The highest BCUT2D eigenvalue weighted by Gasteiger charge is 3.11. The van der Waals surface area contributed by atoms with E-state index < -0.39 is 41.4 Å². The summed E-state index contributed by atoms with van der Waals surface area (Å²) >= 11 is 1.20. The number of thiazole rings is 1. The zero-order valence-corrected chi connectivity index (χ0v) is 35.2. The van der Waals surface area contributed by atoms with Crippen LogP contribution < -0.4 is 16.0 Å². The lowest BCUT2D eigenvalue weighted by Gasteiger charge is -3.10. The van der Waals surface area contributed by atoms with Crippen molar-refractivity contribution < 1.29 is 38.2 Å². The molecule has 3 N–H and O–H groups in total. The predicted octanol–water partition coefficient (Wildman–Crippen LogP) is 4.32. The SMILES string of the molecule is CC[C@H](C)[C@H](NC(=O)C12C3C4C1C1C2C3C41NC(C)=O)C(=O)N(C)[C@H](CC(OC(C)=O)c1nc(C(=O)N[C@@H](Cc2ccccc2)C[C@H](C)C(=O)OC)cs1)C(C)C. The quantitative estimate of drug-likeness (QED) is 0.175. The fraction of sp³-hybridized carbons (Fsp3) is 0.651. The number of aromatic nitrogens is 1. The Labute approximate surface area is 338 Å². The van der Waals surface area contributed by atoms with Crippen LogP contribution in [0.5, 0.6) is 0 Å². The van der Waals surface area contributed by atoms with Crippen LogP contribution in [0.15, 0.2) is 35.7 Å². The maximum Gasteiger partial charge on any atom is 0.308 e. The predicted molar refractivity (Wildman–Crippen MR) is 211 cm³/mol. The summed E-state index contributed by atoms with van der Waals surface area (Å²) in [4.78, 5) is 85.2. The number of carbonyl (C=O) groups is 6. The molecule has 1 heterocycles. The number of benzene rings is 1. The summed E-state index contributed by atoms with van der Waals surface area (Å²) in [7, 11) is 3.08. The van der Waals surface area contributed by atoms with E-state index in [0.717, 1.165) is 5.56 Å². The van der Waals surface area contributed by atoms with Crippen LogP contribution in [0.4, 0.5) is 0 Å². The van der Waals surface area contributed by atoms with Crippen molar-refractivity contribution in [2.24, 2.45) is 58.7 Å². The molecule has 2 aromatic rings. The van der Waals surface area contributed by atoms with Gasteiger partial charge in [-0.15, -0.1) is 11.3 Å². The van der Waals surface area contributed by atoms with Crippen LogP contribution in [0.2, 0.25) is 0 Å².